The quantitative estimate of drug-likeness (QED) is 0.521. The number of alkyl halides is 3. The first-order valence-corrected chi connectivity index (χ1v) is 7.48. The van der Waals surface area contributed by atoms with Crippen molar-refractivity contribution in [3.8, 4) is 16.4 Å². The second kappa shape index (κ2) is 5.71. The molecule has 2 aromatic heterocycles. The average Bonchev–Trinajstić information content (AvgIpc) is 3.13. The van der Waals surface area contributed by atoms with E-state index in [2.05, 4.69) is 10.1 Å². The number of hydrogen-bond acceptors (Lipinski definition) is 5. The van der Waals surface area contributed by atoms with Crippen molar-refractivity contribution in [1.82, 2.24) is 14.8 Å². The third-order valence-electron chi connectivity index (χ3n) is 3.15. The lowest BCUT2D eigenvalue weighted by atomic mass is 10.1. The largest absolute Gasteiger partial charge is 0.433 e. The van der Waals surface area contributed by atoms with Crippen molar-refractivity contribution in [2.75, 3.05) is 0 Å². The molecular weight excluding hydrogens is 345 g/mol. The van der Waals surface area contributed by atoms with Gasteiger partial charge in [-0.1, -0.05) is 12.1 Å². The van der Waals surface area contributed by atoms with E-state index in [1.54, 1.807) is 6.07 Å². The van der Waals surface area contributed by atoms with E-state index >= 15 is 0 Å². The summed E-state index contributed by atoms with van der Waals surface area (Å²) in [6.07, 6.45) is -4.56. The molecule has 0 aliphatic heterocycles. The van der Waals surface area contributed by atoms with Crippen LogP contribution in [0.3, 0.4) is 0 Å². The Morgan fingerprint density at radius 1 is 1.29 bits per heavy atom. The van der Waals surface area contributed by atoms with Crippen LogP contribution < -0.4 is 0 Å². The second-order valence-corrected chi connectivity index (χ2v) is 5.74. The Morgan fingerprint density at radius 3 is 2.71 bits per heavy atom. The van der Waals surface area contributed by atoms with Crippen LogP contribution in [0.5, 0.6) is 0 Å². The maximum absolute atomic E-state index is 13.1. The van der Waals surface area contributed by atoms with E-state index in [-0.39, 0.29) is 16.5 Å². The van der Waals surface area contributed by atoms with Gasteiger partial charge in [0.2, 0.25) is 5.13 Å². The van der Waals surface area contributed by atoms with Gasteiger partial charge in [-0.3, -0.25) is 10.1 Å². The van der Waals surface area contributed by atoms with Crippen molar-refractivity contribution >= 4 is 17.0 Å². The first-order chi connectivity index (χ1) is 11.3. The molecular formula is C14H9F3N4O2S. The minimum atomic E-state index is -4.56. The van der Waals surface area contributed by atoms with Gasteiger partial charge in [0.25, 0.3) is 5.69 Å². The lowest BCUT2D eigenvalue weighted by Crippen LogP contribution is -2.13. The minimum Gasteiger partial charge on any atom is -0.258 e. The van der Waals surface area contributed by atoms with E-state index in [1.807, 2.05) is 0 Å². The van der Waals surface area contributed by atoms with Crippen LogP contribution in [-0.4, -0.2) is 19.7 Å². The summed E-state index contributed by atoms with van der Waals surface area (Å²) in [6, 6.07) is 6.68. The molecule has 0 amide bonds. The minimum absolute atomic E-state index is 0.0388. The van der Waals surface area contributed by atoms with Crippen molar-refractivity contribution < 1.29 is 18.1 Å². The standard InChI is InChI=1S/C14H9F3N4O2S/c1-8-5-12(14(15,16)17)20(19-8)13-18-11(7-24-13)9-3-2-4-10(6-9)21(22)23/h2-7H,1H3. The highest BCUT2D eigenvalue weighted by Crippen LogP contribution is 2.33. The second-order valence-electron chi connectivity index (χ2n) is 4.90. The maximum Gasteiger partial charge on any atom is 0.433 e. The number of rotatable bonds is 3. The molecule has 0 atom stereocenters. The Kier molecular flexibility index (Phi) is 3.84. The first-order valence-electron chi connectivity index (χ1n) is 6.60. The van der Waals surface area contributed by atoms with E-state index in [0.717, 1.165) is 22.1 Å². The number of hydrogen-bond donors (Lipinski definition) is 0. The van der Waals surface area contributed by atoms with E-state index in [9.17, 15) is 23.3 Å². The molecule has 2 heterocycles. The van der Waals surface area contributed by atoms with Crippen molar-refractivity contribution in [1.29, 1.82) is 0 Å². The Morgan fingerprint density at radius 2 is 2.04 bits per heavy atom. The Labute approximate surface area is 137 Å². The number of aromatic nitrogens is 3. The maximum atomic E-state index is 13.1. The summed E-state index contributed by atoms with van der Waals surface area (Å²) in [5.74, 6) is 0. The van der Waals surface area contributed by atoms with E-state index in [1.165, 1.54) is 30.5 Å². The highest BCUT2D eigenvalue weighted by atomic mass is 32.1. The third-order valence-corrected chi connectivity index (χ3v) is 3.96. The number of nitro groups is 1. The normalized spacial score (nSPS) is 11.7. The fourth-order valence-electron chi connectivity index (χ4n) is 2.12. The Hall–Kier alpha value is -2.75. The van der Waals surface area contributed by atoms with Crippen molar-refractivity contribution in [2.24, 2.45) is 0 Å². The molecule has 6 nitrogen and oxygen atoms in total. The molecule has 0 aliphatic rings. The summed E-state index contributed by atoms with van der Waals surface area (Å²) in [4.78, 5) is 14.4. The van der Waals surface area contributed by atoms with Gasteiger partial charge in [0.05, 0.1) is 16.3 Å². The van der Waals surface area contributed by atoms with Crippen LogP contribution in [0.2, 0.25) is 0 Å². The summed E-state index contributed by atoms with van der Waals surface area (Å²) in [7, 11) is 0. The van der Waals surface area contributed by atoms with Gasteiger partial charge in [-0.2, -0.15) is 18.3 Å². The molecule has 124 valence electrons. The molecule has 0 unspecified atom stereocenters. The van der Waals surface area contributed by atoms with E-state index in [4.69, 9.17) is 0 Å². The van der Waals surface area contributed by atoms with Crippen LogP contribution in [0, 0.1) is 17.0 Å². The number of non-ortho nitro benzene ring substituents is 1. The molecule has 0 saturated carbocycles. The molecule has 24 heavy (non-hydrogen) atoms. The zero-order valence-corrected chi connectivity index (χ0v) is 12.9. The molecule has 0 saturated heterocycles. The number of thiazole rings is 1. The van der Waals surface area contributed by atoms with Crippen molar-refractivity contribution in [3.05, 3.63) is 57.2 Å². The zero-order chi connectivity index (χ0) is 17.5. The fourth-order valence-corrected chi connectivity index (χ4v) is 2.92. The highest BCUT2D eigenvalue weighted by molar-refractivity contribution is 7.12. The highest BCUT2D eigenvalue weighted by Gasteiger charge is 2.36. The van der Waals surface area contributed by atoms with Gasteiger partial charge < -0.3 is 0 Å². The van der Waals surface area contributed by atoms with Crippen LogP contribution in [-0.2, 0) is 6.18 Å². The van der Waals surface area contributed by atoms with Gasteiger partial charge in [-0.05, 0) is 13.0 Å². The first kappa shape index (κ1) is 16.1. The molecule has 1 aromatic carbocycles. The lowest BCUT2D eigenvalue weighted by Gasteiger charge is -2.07. The number of benzene rings is 1. The molecule has 10 heteroatoms. The number of nitrogens with zero attached hydrogens (tertiary/aromatic N) is 4. The van der Waals surface area contributed by atoms with E-state index < -0.39 is 16.8 Å². The molecule has 3 aromatic rings. The zero-order valence-electron chi connectivity index (χ0n) is 12.1. The molecule has 0 N–H and O–H groups in total. The summed E-state index contributed by atoms with van der Waals surface area (Å²) in [5, 5.41) is 16.2. The molecule has 0 fully saturated rings. The Bertz CT molecular complexity index is 917. The Balaban J connectivity index is 2.03. The fraction of sp³-hybridized carbons (Fsp3) is 0.143. The van der Waals surface area contributed by atoms with Gasteiger partial charge in [-0.15, -0.1) is 11.3 Å². The van der Waals surface area contributed by atoms with Crippen LogP contribution in [0.4, 0.5) is 18.9 Å². The van der Waals surface area contributed by atoms with Gasteiger partial charge >= 0.3 is 6.18 Å². The van der Waals surface area contributed by atoms with Gasteiger partial charge in [-0.25, -0.2) is 9.67 Å². The van der Waals surface area contributed by atoms with Crippen molar-refractivity contribution in [2.45, 2.75) is 13.1 Å². The van der Waals surface area contributed by atoms with Crippen LogP contribution in [0.15, 0.2) is 35.7 Å². The summed E-state index contributed by atoms with van der Waals surface area (Å²) >= 11 is 0.975. The topological polar surface area (TPSA) is 73.8 Å². The summed E-state index contributed by atoms with van der Waals surface area (Å²) < 4.78 is 39.9. The lowest BCUT2D eigenvalue weighted by molar-refractivity contribution is -0.384. The smallest absolute Gasteiger partial charge is 0.258 e. The van der Waals surface area contributed by atoms with Crippen molar-refractivity contribution in [3.63, 3.8) is 0 Å². The molecule has 0 spiro atoms. The molecule has 0 aliphatic carbocycles. The predicted molar refractivity (Wildman–Crippen MR) is 81.1 cm³/mol. The number of nitro benzene ring substituents is 1. The van der Waals surface area contributed by atoms with Crippen LogP contribution in [0.1, 0.15) is 11.4 Å². The van der Waals surface area contributed by atoms with Gasteiger partial charge in [0, 0.05) is 23.1 Å². The monoisotopic (exact) mass is 354 g/mol. The molecule has 3 rings (SSSR count). The van der Waals surface area contributed by atoms with Crippen LogP contribution >= 0.6 is 11.3 Å². The summed E-state index contributed by atoms with van der Waals surface area (Å²) in [5.41, 5.74) is -0.0218. The predicted octanol–water partition coefficient (Wildman–Crippen LogP) is 4.23. The molecule has 0 bridgehead atoms. The van der Waals surface area contributed by atoms with E-state index in [0.29, 0.717) is 11.3 Å². The number of aryl methyl sites for hydroxylation is 1. The van der Waals surface area contributed by atoms with Gasteiger partial charge in [0.15, 0.2) is 5.69 Å². The number of halogens is 3. The SMILES string of the molecule is Cc1cc(C(F)(F)F)n(-c2nc(-c3cccc([N+](=O)[O-])c3)cs2)n1. The molecule has 0 radical (unpaired) electrons. The summed E-state index contributed by atoms with van der Waals surface area (Å²) in [6.45, 7) is 1.46. The third kappa shape index (κ3) is 3.00. The van der Waals surface area contributed by atoms with Crippen LogP contribution in [0.25, 0.3) is 16.4 Å². The average molecular weight is 354 g/mol. The van der Waals surface area contributed by atoms with Gasteiger partial charge in [0.1, 0.15) is 0 Å².